The van der Waals surface area contributed by atoms with Crippen LogP contribution in [0.4, 0.5) is 11.4 Å². The van der Waals surface area contributed by atoms with E-state index in [0.29, 0.717) is 5.65 Å². The summed E-state index contributed by atoms with van der Waals surface area (Å²) in [4.78, 5) is 25.9. The Kier molecular flexibility index (Phi) is 7.77. The lowest BCUT2D eigenvalue weighted by Gasteiger charge is -2.21. The predicted molar refractivity (Wildman–Crippen MR) is 138 cm³/mol. The molecule has 0 aliphatic rings. The fourth-order valence-electron chi connectivity index (χ4n) is 4.30. The highest BCUT2D eigenvalue weighted by Crippen LogP contribution is 2.24. The third-order valence-corrected chi connectivity index (χ3v) is 6.25. The smallest absolute Gasteiger partial charge is 0.276 e. The van der Waals surface area contributed by atoms with E-state index < -0.39 is 0 Å². The van der Waals surface area contributed by atoms with Crippen molar-refractivity contribution in [3.05, 3.63) is 56.1 Å². The van der Waals surface area contributed by atoms with E-state index in [2.05, 4.69) is 69.7 Å². The van der Waals surface area contributed by atoms with Gasteiger partial charge in [0.15, 0.2) is 5.65 Å². The Bertz CT molecular complexity index is 1310. The lowest BCUT2D eigenvalue weighted by molar-refractivity contribution is 0.719. The van der Waals surface area contributed by atoms with Gasteiger partial charge in [0.05, 0.1) is 16.7 Å². The molecule has 2 aromatic heterocycles. The summed E-state index contributed by atoms with van der Waals surface area (Å²) in [6.45, 7) is 18.8. The molecule has 0 atom stereocenters. The molecule has 1 aromatic carbocycles. The second kappa shape index (κ2) is 10.4. The number of aromatic nitrogens is 3. The molecule has 0 spiro atoms. The third-order valence-electron chi connectivity index (χ3n) is 6.25. The second-order valence-corrected chi connectivity index (χ2v) is 9.29. The van der Waals surface area contributed by atoms with Gasteiger partial charge in [-0.1, -0.05) is 27.2 Å². The highest BCUT2D eigenvalue weighted by atomic mass is 16.1. The van der Waals surface area contributed by atoms with E-state index in [4.69, 9.17) is 9.98 Å². The van der Waals surface area contributed by atoms with Crippen molar-refractivity contribution in [1.29, 1.82) is 0 Å². The predicted octanol–water partition coefficient (Wildman–Crippen LogP) is 4.79. The summed E-state index contributed by atoms with van der Waals surface area (Å²) in [7, 11) is 0. The summed E-state index contributed by atoms with van der Waals surface area (Å²) < 4.78 is 1.59. The molecule has 0 aliphatic carbocycles. The number of benzene rings is 1. The summed E-state index contributed by atoms with van der Waals surface area (Å²) in [5, 5.41) is 4.89. The Morgan fingerprint density at radius 1 is 1.18 bits per heavy atom. The lowest BCUT2D eigenvalue weighted by atomic mass is 10.0. The number of hydrogen-bond donors (Lipinski definition) is 1. The van der Waals surface area contributed by atoms with Gasteiger partial charge < -0.3 is 4.90 Å². The minimum Gasteiger partial charge on any atom is -0.372 e. The summed E-state index contributed by atoms with van der Waals surface area (Å²) >= 11 is 0. The lowest BCUT2D eigenvalue weighted by Crippen LogP contribution is -2.25. The standard InChI is InChI=1S/C27H39N5O/c1-9-12-13-21-23(17(4)5)29-26-25(24(18(6)7)30-32(26)27(21)33)28-22-15-14-20(16-19(22)8)31(10-2)11-3/h14-17,30H,9-13H2,1-8H3. The topological polar surface area (TPSA) is 65.8 Å². The average molecular weight is 450 g/mol. The van der Waals surface area contributed by atoms with Crippen LogP contribution in [0, 0.1) is 6.92 Å². The largest absolute Gasteiger partial charge is 0.372 e. The first-order valence-corrected chi connectivity index (χ1v) is 12.3. The molecule has 0 saturated carbocycles. The minimum absolute atomic E-state index is 0.00490. The quantitative estimate of drug-likeness (QED) is 0.538. The van der Waals surface area contributed by atoms with Crippen molar-refractivity contribution in [2.75, 3.05) is 18.0 Å². The van der Waals surface area contributed by atoms with Gasteiger partial charge >= 0.3 is 0 Å². The van der Waals surface area contributed by atoms with Crippen LogP contribution in [0.15, 0.2) is 28.0 Å². The molecule has 0 bridgehead atoms. The van der Waals surface area contributed by atoms with Gasteiger partial charge in [-0.2, -0.15) is 4.52 Å². The third kappa shape index (κ3) is 4.90. The molecular weight excluding hydrogens is 410 g/mol. The minimum atomic E-state index is -0.00490. The molecule has 3 aromatic rings. The number of rotatable bonds is 8. The first-order chi connectivity index (χ1) is 15.7. The summed E-state index contributed by atoms with van der Waals surface area (Å²) in [6, 6.07) is 6.38. The van der Waals surface area contributed by atoms with Crippen LogP contribution < -0.4 is 21.2 Å². The van der Waals surface area contributed by atoms with E-state index in [-0.39, 0.29) is 11.5 Å². The van der Waals surface area contributed by atoms with Gasteiger partial charge in [0.1, 0.15) is 5.36 Å². The van der Waals surface area contributed by atoms with Crippen molar-refractivity contribution in [2.45, 2.75) is 80.6 Å². The molecule has 6 heteroatoms. The first kappa shape index (κ1) is 24.7. The zero-order valence-electron chi connectivity index (χ0n) is 21.5. The Labute approximate surface area is 197 Å². The number of nitrogens with zero attached hydrogens (tertiary/aromatic N) is 4. The van der Waals surface area contributed by atoms with E-state index in [1.165, 1.54) is 5.69 Å². The molecule has 0 aliphatic heterocycles. The Morgan fingerprint density at radius 2 is 1.88 bits per heavy atom. The molecule has 6 nitrogen and oxygen atoms in total. The molecule has 33 heavy (non-hydrogen) atoms. The van der Waals surface area contributed by atoms with Crippen molar-refractivity contribution in [1.82, 2.24) is 14.6 Å². The van der Waals surface area contributed by atoms with Crippen LogP contribution in [0.2, 0.25) is 0 Å². The van der Waals surface area contributed by atoms with Crippen LogP contribution in [-0.2, 0) is 6.42 Å². The molecule has 0 fully saturated rings. The van der Waals surface area contributed by atoms with Crippen LogP contribution in [-0.4, -0.2) is 27.7 Å². The molecule has 1 N–H and O–H groups in total. The number of aryl methyl sites for hydroxylation is 1. The van der Waals surface area contributed by atoms with Gasteiger partial charge in [-0.05, 0) is 82.7 Å². The highest BCUT2D eigenvalue weighted by Gasteiger charge is 2.18. The van der Waals surface area contributed by atoms with E-state index in [1.807, 2.05) is 13.8 Å². The first-order valence-electron chi connectivity index (χ1n) is 12.3. The van der Waals surface area contributed by atoms with Crippen LogP contribution in [0.25, 0.3) is 11.2 Å². The number of nitrogens with one attached hydrogen (secondary N) is 1. The van der Waals surface area contributed by atoms with Crippen LogP contribution in [0.5, 0.6) is 0 Å². The zero-order valence-corrected chi connectivity index (χ0v) is 21.5. The van der Waals surface area contributed by atoms with E-state index in [9.17, 15) is 4.79 Å². The van der Waals surface area contributed by atoms with E-state index >= 15 is 0 Å². The summed E-state index contributed by atoms with van der Waals surface area (Å²) in [6.07, 6.45) is 2.77. The maximum absolute atomic E-state index is 13.5. The number of unbranched alkanes of at least 4 members (excludes halogenated alkanes) is 1. The van der Waals surface area contributed by atoms with Gasteiger partial charge in [-0.15, -0.1) is 0 Å². The maximum Gasteiger partial charge on any atom is 0.276 e. The Balaban J connectivity index is 2.33. The molecule has 0 radical (unpaired) electrons. The van der Waals surface area contributed by atoms with Gasteiger partial charge in [0.25, 0.3) is 5.56 Å². The highest BCUT2D eigenvalue weighted by molar-refractivity contribution is 5.58. The number of aromatic amines is 1. The fourth-order valence-corrected chi connectivity index (χ4v) is 4.30. The van der Waals surface area contributed by atoms with Gasteiger partial charge in [0, 0.05) is 24.3 Å². The van der Waals surface area contributed by atoms with Gasteiger partial charge in [-0.3, -0.25) is 9.89 Å². The van der Waals surface area contributed by atoms with Crippen LogP contribution >= 0.6 is 0 Å². The van der Waals surface area contributed by atoms with Gasteiger partial charge in [-0.25, -0.2) is 9.98 Å². The Morgan fingerprint density at radius 3 is 2.42 bits per heavy atom. The van der Waals surface area contributed by atoms with Crippen LogP contribution in [0.1, 0.15) is 84.0 Å². The molecule has 178 valence electrons. The zero-order chi connectivity index (χ0) is 24.3. The summed E-state index contributed by atoms with van der Waals surface area (Å²) in [5.41, 5.74) is 6.56. The molecular formula is C27H39N5O. The maximum atomic E-state index is 13.5. The van der Waals surface area contributed by atoms with E-state index in [1.54, 1.807) is 4.52 Å². The molecule has 0 unspecified atom stereocenters. The molecule has 3 rings (SSSR count). The van der Waals surface area contributed by atoms with Crippen molar-refractivity contribution >= 4 is 22.6 Å². The van der Waals surface area contributed by atoms with Crippen molar-refractivity contribution in [3.63, 3.8) is 0 Å². The average Bonchev–Trinajstić information content (AvgIpc) is 3.14. The number of fused-ring (bicyclic) bond motifs is 1. The normalized spacial score (nSPS) is 12.2. The van der Waals surface area contributed by atoms with Crippen molar-refractivity contribution in [3.8, 4) is 0 Å². The van der Waals surface area contributed by atoms with Crippen LogP contribution in [0.3, 0.4) is 0 Å². The Hall–Kier alpha value is -2.89. The number of anilines is 1. The number of hydrogen-bond acceptors (Lipinski definition) is 4. The second-order valence-electron chi connectivity index (χ2n) is 9.29. The monoisotopic (exact) mass is 449 g/mol. The molecule has 0 saturated heterocycles. The molecule has 0 amide bonds. The van der Waals surface area contributed by atoms with Gasteiger partial charge in [0.2, 0.25) is 0 Å². The van der Waals surface area contributed by atoms with Crippen molar-refractivity contribution < 1.29 is 0 Å². The SMILES string of the molecule is CCCCc1c(C(C)C)nc2c(=Nc3ccc(N(CC)CC)cc3C)c(=C(C)C)[nH]n2c1=O. The van der Waals surface area contributed by atoms with E-state index in [0.717, 1.165) is 71.1 Å². The van der Waals surface area contributed by atoms with Crippen molar-refractivity contribution in [2.24, 2.45) is 4.99 Å². The summed E-state index contributed by atoms with van der Waals surface area (Å²) in [5.74, 6) is 0.169. The molecule has 2 heterocycles. The number of H-pyrrole nitrogens is 1. The fraction of sp³-hybridized carbons (Fsp3) is 0.519.